The quantitative estimate of drug-likeness (QED) is 0.394. The highest BCUT2D eigenvalue weighted by Gasteiger charge is 2.19. The molecule has 2 N–H and O–H groups in total. The van der Waals surface area contributed by atoms with Gasteiger partial charge in [-0.3, -0.25) is 9.89 Å². The first-order valence-electron chi connectivity index (χ1n) is 11.2. The summed E-state index contributed by atoms with van der Waals surface area (Å²) in [6.45, 7) is 7.41. The molecule has 0 fully saturated rings. The smallest absolute Gasteiger partial charge is 0.231 e. The number of hydrogen-bond acceptors (Lipinski definition) is 5. The monoisotopic (exact) mass is 445 g/mol. The maximum Gasteiger partial charge on any atom is 0.231 e. The SMILES string of the molecule is CN(C)CCCC(=O)Nc1cccc(-c2n[nH]cc2-c2nc3cc(C(C)(C)C)ccc3o2)c1. The molecule has 0 saturated heterocycles. The van der Waals surface area contributed by atoms with Crippen molar-refractivity contribution in [3.8, 4) is 22.7 Å². The third-order valence-electron chi connectivity index (χ3n) is 5.55. The summed E-state index contributed by atoms with van der Waals surface area (Å²) in [6.07, 6.45) is 3.09. The van der Waals surface area contributed by atoms with E-state index in [0.717, 1.165) is 46.6 Å². The van der Waals surface area contributed by atoms with E-state index in [1.165, 1.54) is 5.56 Å². The molecule has 0 bridgehead atoms. The van der Waals surface area contributed by atoms with E-state index in [0.29, 0.717) is 12.3 Å². The molecule has 0 aliphatic carbocycles. The van der Waals surface area contributed by atoms with Gasteiger partial charge in [-0.1, -0.05) is 39.0 Å². The first kappa shape index (κ1) is 22.7. The van der Waals surface area contributed by atoms with E-state index < -0.39 is 0 Å². The van der Waals surface area contributed by atoms with Gasteiger partial charge in [0.2, 0.25) is 11.8 Å². The fourth-order valence-corrected chi connectivity index (χ4v) is 3.71. The Morgan fingerprint density at radius 2 is 1.97 bits per heavy atom. The molecule has 2 aromatic heterocycles. The van der Waals surface area contributed by atoms with Crippen molar-refractivity contribution in [1.82, 2.24) is 20.1 Å². The van der Waals surface area contributed by atoms with E-state index in [-0.39, 0.29) is 11.3 Å². The summed E-state index contributed by atoms with van der Waals surface area (Å²) in [5, 5.41) is 10.4. The number of aromatic nitrogens is 3. The van der Waals surface area contributed by atoms with Crippen LogP contribution < -0.4 is 5.32 Å². The molecule has 4 rings (SSSR count). The number of hydrogen-bond donors (Lipinski definition) is 2. The predicted molar refractivity (Wildman–Crippen MR) is 132 cm³/mol. The average molecular weight is 446 g/mol. The van der Waals surface area contributed by atoms with Crippen LogP contribution in [0.25, 0.3) is 33.8 Å². The summed E-state index contributed by atoms with van der Waals surface area (Å²) in [5.74, 6) is 0.516. The van der Waals surface area contributed by atoms with Crippen LogP contribution in [0.3, 0.4) is 0 Å². The number of benzene rings is 2. The van der Waals surface area contributed by atoms with E-state index in [1.807, 2.05) is 44.4 Å². The molecule has 4 aromatic rings. The van der Waals surface area contributed by atoms with Gasteiger partial charge in [-0.25, -0.2) is 4.98 Å². The van der Waals surface area contributed by atoms with E-state index in [4.69, 9.17) is 9.40 Å². The lowest BCUT2D eigenvalue weighted by Crippen LogP contribution is -2.17. The normalized spacial score (nSPS) is 11.9. The first-order valence-corrected chi connectivity index (χ1v) is 11.2. The van der Waals surface area contributed by atoms with Crippen molar-refractivity contribution in [2.75, 3.05) is 26.0 Å². The van der Waals surface area contributed by atoms with Crippen LogP contribution in [-0.4, -0.2) is 46.6 Å². The van der Waals surface area contributed by atoms with E-state index in [9.17, 15) is 4.79 Å². The molecule has 0 saturated carbocycles. The van der Waals surface area contributed by atoms with Crippen molar-refractivity contribution in [2.24, 2.45) is 0 Å². The van der Waals surface area contributed by atoms with Gasteiger partial charge in [0.25, 0.3) is 0 Å². The fourth-order valence-electron chi connectivity index (χ4n) is 3.71. The van der Waals surface area contributed by atoms with Gasteiger partial charge in [0.15, 0.2) is 5.58 Å². The van der Waals surface area contributed by atoms with Crippen LogP contribution >= 0.6 is 0 Å². The van der Waals surface area contributed by atoms with Crippen LogP contribution in [0.15, 0.2) is 53.1 Å². The summed E-state index contributed by atoms with van der Waals surface area (Å²) in [4.78, 5) is 19.1. The molecule has 2 heterocycles. The molecule has 172 valence electrons. The number of aromatic amines is 1. The number of H-pyrrole nitrogens is 1. The second kappa shape index (κ2) is 9.19. The lowest BCUT2D eigenvalue weighted by Gasteiger charge is -2.18. The van der Waals surface area contributed by atoms with Crippen LogP contribution in [0.1, 0.15) is 39.2 Å². The predicted octanol–water partition coefficient (Wildman–Crippen LogP) is 5.46. The number of carbonyl (C=O) groups excluding carboxylic acids is 1. The maximum absolute atomic E-state index is 12.3. The van der Waals surface area contributed by atoms with Crippen molar-refractivity contribution in [3.05, 3.63) is 54.2 Å². The third-order valence-corrected chi connectivity index (χ3v) is 5.55. The maximum atomic E-state index is 12.3. The van der Waals surface area contributed by atoms with Gasteiger partial charge >= 0.3 is 0 Å². The van der Waals surface area contributed by atoms with Crippen molar-refractivity contribution < 1.29 is 9.21 Å². The molecule has 7 nitrogen and oxygen atoms in total. The average Bonchev–Trinajstić information content (AvgIpc) is 3.39. The molecular formula is C26H31N5O2. The van der Waals surface area contributed by atoms with Crippen LogP contribution in [-0.2, 0) is 10.2 Å². The Balaban J connectivity index is 1.58. The Morgan fingerprint density at radius 3 is 2.73 bits per heavy atom. The molecule has 7 heteroatoms. The summed E-state index contributed by atoms with van der Waals surface area (Å²) in [6, 6.07) is 13.8. The van der Waals surface area contributed by atoms with E-state index in [2.05, 4.69) is 53.3 Å². The zero-order valence-electron chi connectivity index (χ0n) is 19.9. The number of anilines is 1. The van der Waals surface area contributed by atoms with Gasteiger partial charge in [-0.2, -0.15) is 5.10 Å². The highest BCUT2D eigenvalue weighted by atomic mass is 16.3. The van der Waals surface area contributed by atoms with Gasteiger partial charge in [0.05, 0.1) is 5.56 Å². The van der Waals surface area contributed by atoms with Crippen molar-refractivity contribution >= 4 is 22.7 Å². The van der Waals surface area contributed by atoms with Gasteiger partial charge < -0.3 is 14.6 Å². The summed E-state index contributed by atoms with van der Waals surface area (Å²) < 4.78 is 6.06. The summed E-state index contributed by atoms with van der Waals surface area (Å²) in [5.41, 5.74) is 5.91. The summed E-state index contributed by atoms with van der Waals surface area (Å²) >= 11 is 0. The zero-order valence-corrected chi connectivity index (χ0v) is 19.9. The molecule has 1 amide bonds. The lowest BCUT2D eigenvalue weighted by atomic mass is 9.87. The Kier molecular flexibility index (Phi) is 6.33. The first-order chi connectivity index (χ1) is 15.7. The minimum atomic E-state index is 0.00450. The molecule has 0 atom stereocenters. The van der Waals surface area contributed by atoms with Crippen molar-refractivity contribution in [1.29, 1.82) is 0 Å². The van der Waals surface area contributed by atoms with Crippen LogP contribution in [0, 0.1) is 0 Å². The Morgan fingerprint density at radius 1 is 1.15 bits per heavy atom. The summed E-state index contributed by atoms with van der Waals surface area (Å²) in [7, 11) is 4.01. The standard InChI is InChI=1S/C26H31N5O2/c1-26(2,3)18-11-12-22-21(15-18)29-25(33-22)20-16-27-30-24(20)17-8-6-9-19(14-17)28-23(32)10-7-13-31(4)5/h6,8-9,11-12,14-16H,7,10,13H2,1-5H3,(H,27,30)(H,28,32). The number of amides is 1. The van der Waals surface area contributed by atoms with Crippen molar-refractivity contribution in [2.45, 2.75) is 39.0 Å². The molecule has 2 aromatic carbocycles. The van der Waals surface area contributed by atoms with Gasteiger partial charge in [-0.15, -0.1) is 0 Å². The van der Waals surface area contributed by atoms with Crippen LogP contribution in [0.5, 0.6) is 0 Å². The Labute approximate surface area is 194 Å². The van der Waals surface area contributed by atoms with Crippen LogP contribution in [0.2, 0.25) is 0 Å². The van der Waals surface area contributed by atoms with E-state index in [1.54, 1.807) is 6.20 Å². The molecule has 0 aliphatic rings. The van der Waals surface area contributed by atoms with Gasteiger partial charge in [0.1, 0.15) is 11.2 Å². The van der Waals surface area contributed by atoms with Gasteiger partial charge in [0, 0.05) is 23.9 Å². The number of nitrogens with one attached hydrogen (secondary N) is 2. The minimum absolute atomic E-state index is 0.00450. The second-order valence-electron chi connectivity index (χ2n) is 9.63. The number of rotatable bonds is 7. The van der Waals surface area contributed by atoms with Gasteiger partial charge in [-0.05, 0) is 62.3 Å². The molecule has 0 unspecified atom stereocenters. The Bertz CT molecular complexity index is 1260. The van der Waals surface area contributed by atoms with E-state index >= 15 is 0 Å². The van der Waals surface area contributed by atoms with Crippen molar-refractivity contribution in [3.63, 3.8) is 0 Å². The molecule has 33 heavy (non-hydrogen) atoms. The fraction of sp³-hybridized carbons (Fsp3) is 0.346. The van der Waals surface area contributed by atoms with Crippen LogP contribution in [0.4, 0.5) is 5.69 Å². The number of oxazole rings is 1. The second-order valence-corrected chi connectivity index (χ2v) is 9.63. The highest BCUT2D eigenvalue weighted by Crippen LogP contribution is 2.34. The number of nitrogens with zero attached hydrogens (tertiary/aromatic N) is 3. The largest absolute Gasteiger partial charge is 0.436 e. The molecule has 0 aliphatic heterocycles. The molecular weight excluding hydrogens is 414 g/mol. The molecule has 0 spiro atoms. The number of carbonyl (C=O) groups is 1. The Hall–Kier alpha value is -3.45. The lowest BCUT2D eigenvalue weighted by molar-refractivity contribution is -0.116. The minimum Gasteiger partial charge on any atom is -0.436 e. The molecule has 0 radical (unpaired) electrons. The number of fused-ring (bicyclic) bond motifs is 1. The highest BCUT2D eigenvalue weighted by molar-refractivity contribution is 5.92. The topological polar surface area (TPSA) is 87.0 Å². The third kappa shape index (κ3) is 5.31. The zero-order chi connectivity index (χ0) is 23.6.